The van der Waals surface area contributed by atoms with Crippen LogP contribution in [0, 0.1) is 6.92 Å². The quantitative estimate of drug-likeness (QED) is 0.228. The Morgan fingerprint density at radius 3 is 2.06 bits per heavy atom. The number of hydrogen-bond donors (Lipinski definition) is 0. The molecule has 0 spiro atoms. The topological polar surface area (TPSA) is 48.7 Å². The van der Waals surface area contributed by atoms with E-state index in [9.17, 15) is 4.79 Å². The number of unbranched alkanes of at least 4 members (excludes halogenated alkanes) is 2. The number of ketones is 1. The zero-order chi connectivity index (χ0) is 21.9. The summed E-state index contributed by atoms with van der Waals surface area (Å²) in [6, 6.07) is 22.2. The Morgan fingerprint density at radius 2 is 1.55 bits per heavy atom. The van der Waals surface area contributed by atoms with Crippen molar-refractivity contribution in [2.45, 2.75) is 64.1 Å². The molecule has 4 heteroatoms. The van der Waals surface area contributed by atoms with Crippen molar-refractivity contribution in [1.29, 1.82) is 0 Å². The Labute approximate surface area is 184 Å². The van der Waals surface area contributed by atoms with Gasteiger partial charge in [0, 0.05) is 6.42 Å². The van der Waals surface area contributed by atoms with Crippen molar-refractivity contribution >= 4 is 5.78 Å². The van der Waals surface area contributed by atoms with Crippen LogP contribution < -0.4 is 0 Å². The van der Waals surface area contributed by atoms with Gasteiger partial charge in [0.15, 0.2) is 17.0 Å². The lowest BCUT2D eigenvalue weighted by Crippen LogP contribution is -2.30. The molecule has 0 saturated carbocycles. The van der Waals surface area contributed by atoms with Gasteiger partial charge in [0.1, 0.15) is 11.5 Å². The first kappa shape index (κ1) is 21.5. The molecule has 4 rings (SSSR count). The van der Waals surface area contributed by atoms with E-state index >= 15 is 0 Å². The first-order valence-electron chi connectivity index (χ1n) is 11.1. The summed E-state index contributed by atoms with van der Waals surface area (Å²) in [7, 11) is 0. The van der Waals surface area contributed by atoms with Crippen molar-refractivity contribution in [3.8, 4) is 0 Å². The molecule has 1 aliphatic heterocycles. The van der Waals surface area contributed by atoms with Crippen molar-refractivity contribution in [2.75, 3.05) is 0 Å². The lowest BCUT2D eigenvalue weighted by atomic mass is 9.75. The Bertz CT molecular complexity index is 982. The summed E-state index contributed by atoms with van der Waals surface area (Å²) in [6.45, 7) is 5.58. The normalized spacial score (nSPS) is 20.1. The molecule has 4 nitrogen and oxygen atoms in total. The number of rotatable bonds is 8. The van der Waals surface area contributed by atoms with Gasteiger partial charge in [-0.2, -0.15) is 0 Å². The van der Waals surface area contributed by atoms with E-state index < -0.39 is 11.2 Å². The van der Waals surface area contributed by atoms with Crippen LogP contribution in [0.25, 0.3) is 0 Å². The third-order valence-electron chi connectivity index (χ3n) is 6.29. The third-order valence-corrected chi connectivity index (χ3v) is 6.29. The largest absolute Gasteiger partial charge is 0.462 e. The molecule has 0 radical (unpaired) electrons. The molecule has 0 bridgehead atoms. The molecule has 0 N–H and O–H groups in total. The minimum Gasteiger partial charge on any atom is -0.462 e. The van der Waals surface area contributed by atoms with Crippen molar-refractivity contribution in [3.63, 3.8) is 0 Å². The standard InChI is InChI=1S/C27H30O4/c1-4-5-12-17-26(25-18-24(20(2)28)21(3)29-25)19-27(31-30-26,22-13-8-6-9-14-22)23-15-10-7-11-16-23/h6-11,13-16,18H,4-5,12,17,19H2,1-3H3. The molecule has 1 atom stereocenters. The van der Waals surface area contributed by atoms with Gasteiger partial charge in [0.25, 0.3) is 0 Å². The van der Waals surface area contributed by atoms with Gasteiger partial charge in [0.2, 0.25) is 0 Å². The van der Waals surface area contributed by atoms with E-state index in [1.54, 1.807) is 6.92 Å². The van der Waals surface area contributed by atoms with E-state index in [1.165, 1.54) is 0 Å². The van der Waals surface area contributed by atoms with Gasteiger partial charge in [-0.05, 0) is 43.9 Å². The second-order valence-electron chi connectivity index (χ2n) is 8.49. The molecule has 1 aromatic heterocycles. The summed E-state index contributed by atoms with van der Waals surface area (Å²) < 4.78 is 6.13. The van der Waals surface area contributed by atoms with Gasteiger partial charge < -0.3 is 4.42 Å². The van der Waals surface area contributed by atoms with Crippen LogP contribution in [0.4, 0.5) is 0 Å². The second-order valence-corrected chi connectivity index (χ2v) is 8.49. The monoisotopic (exact) mass is 418 g/mol. The van der Waals surface area contributed by atoms with E-state index in [4.69, 9.17) is 14.2 Å². The first-order chi connectivity index (χ1) is 15.0. The average molecular weight is 419 g/mol. The average Bonchev–Trinajstić information content (AvgIpc) is 3.38. The SMILES string of the molecule is CCCCCC1(c2cc(C(C)=O)c(C)o2)CC(c2ccccc2)(c2ccccc2)OO1. The summed E-state index contributed by atoms with van der Waals surface area (Å²) in [5, 5.41) is 0. The summed E-state index contributed by atoms with van der Waals surface area (Å²) >= 11 is 0. The van der Waals surface area contributed by atoms with Gasteiger partial charge in [0.05, 0.1) is 5.56 Å². The molecule has 0 amide bonds. The maximum absolute atomic E-state index is 12.1. The molecule has 3 aromatic rings. The molecular weight excluding hydrogens is 388 g/mol. The van der Waals surface area contributed by atoms with Crippen LogP contribution in [0.15, 0.2) is 71.1 Å². The Hall–Kier alpha value is -2.69. The number of carbonyl (C=O) groups excluding carboxylic acids is 1. The highest BCUT2D eigenvalue weighted by atomic mass is 17.2. The first-order valence-corrected chi connectivity index (χ1v) is 11.1. The van der Waals surface area contributed by atoms with E-state index in [0.717, 1.165) is 36.8 Å². The molecule has 1 unspecified atom stereocenters. The number of benzene rings is 2. The molecule has 1 aliphatic rings. The summed E-state index contributed by atoms with van der Waals surface area (Å²) in [5.74, 6) is 1.28. The number of furan rings is 1. The maximum atomic E-state index is 12.1. The van der Waals surface area contributed by atoms with Crippen LogP contribution in [0.5, 0.6) is 0 Å². The summed E-state index contributed by atoms with van der Waals surface area (Å²) in [4.78, 5) is 24.6. The molecule has 31 heavy (non-hydrogen) atoms. The second kappa shape index (κ2) is 8.81. The van der Waals surface area contributed by atoms with Crippen molar-refractivity contribution in [3.05, 3.63) is 94.9 Å². The molecular formula is C27H30O4. The molecule has 2 aromatic carbocycles. The van der Waals surface area contributed by atoms with E-state index in [2.05, 4.69) is 31.2 Å². The number of carbonyl (C=O) groups is 1. The van der Waals surface area contributed by atoms with Crippen LogP contribution >= 0.6 is 0 Å². The van der Waals surface area contributed by atoms with Crippen LogP contribution in [0.2, 0.25) is 0 Å². The van der Waals surface area contributed by atoms with E-state index in [1.807, 2.05) is 49.4 Å². The maximum Gasteiger partial charge on any atom is 0.164 e. The van der Waals surface area contributed by atoms with Crippen LogP contribution in [0.3, 0.4) is 0 Å². The molecule has 1 fully saturated rings. The van der Waals surface area contributed by atoms with Crippen molar-refractivity contribution in [1.82, 2.24) is 0 Å². The van der Waals surface area contributed by atoms with Gasteiger partial charge in [-0.3, -0.25) is 4.79 Å². The summed E-state index contributed by atoms with van der Waals surface area (Å²) in [5.41, 5.74) is 1.15. The molecule has 0 aliphatic carbocycles. The van der Waals surface area contributed by atoms with Crippen molar-refractivity contribution < 1.29 is 19.0 Å². The number of aryl methyl sites for hydroxylation is 1. The number of hydrogen-bond acceptors (Lipinski definition) is 4. The predicted octanol–water partition coefficient (Wildman–Crippen LogP) is 6.86. The van der Waals surface area contributed by atoms with Crippen LogP contribution in [-0.2, 0) is 21.0 Å². The fourth-order valence-electron chi connectivity index (χ4n) is 4.59. The highest BCUT2D eigenvalue weighted by molar-refractivity contribution is 5.95. The fraction of sp³-hybridized carbons (Fsp3) is 0.370. The third kappa shape index (κ3) is 3.98. The molecule has 1 saturated heterocycles. The summed E-state index contributed by atoms with van der Waals surface area (Å²) in [6.07, 6.45) is 4.51. The highest BCUT2D eigenvalue weighted by Crippen LogP contribution is 2.54. The van der Waals surface area contributed by atoms with Gasteiger partial charge >= 0.3 is 0 Å². The van der Waals surface area contributed by atoms with Gasteiger partial charge in [-0.15, -0.1) is 0 Å². The lowest BCUT2D eigenvalue weighted by molar-refractivity contribution is -0.354. The Kier molecular flexibility index (Phi) is 6.12. The Morgan fingerprint density at radius 1 is 0.935 bits per heavy atom. The zero-order valence-corrected chi connectivity index (χ0v) is 18.5. The zero-order valence-electron chi connectivity index (χ0n) is 18.5. The highest BCUT2D eigenvalue weighted by Gasteiger charge is 2.56. The molecule has 2 heterocycles. The Balaban J connectivity index is 1.82. The van der Waals surface area contributed by atoms with Crippen LogP contribution in [-0.4, -0.2) is 5.78 Å². The van der Waals surface area contributed by atoms with Gasteiger partial charge in [-0.25, -0.2) is 9.78 Å². The smallest absolute Gasteiger partial charge is 0.164 e. The van der Waals surface area contributed by atoms with E-state index in [-0.39, 0.29) is 5.78 Å². The minimum absolute atomic E-state index is 0.00694. The van der Waals surface area contributed by atoms with Crippen LogP contribution in [0.1, 0.15) is 79.0 Å². The fourth-order valence-corrected chi connectivity index (χ4v) is 4.59. The van der Waals surface area contributed by atoms with E-state index in [0.29, 0.717) is 23.5 Å². The van der Waals surface area contributed by atoms with Crippen molar-refractivity contribution in [2.24, 2.45) is 0 Å². The lowest BCUT2D eigenvalue weighted by Gasteiger charge is -2.28. The minimum atomic E-state index is -0.765. The predicted molar refractivity (Wildman–Crippen MR) is 120 cm³/mol. The number of Topliss-reactive ketones (excluding diaryl/α,β-unsaturated/α-hetero) is 1. The van der Waals surface area contributed by atoms with Gasteiger partial charge in [-0.1, -0.05) is 80.4 Å². The molecule has 162 valence electrons.